The van der Waals surface area contributed by atoms with E-state index < -0.39 is 0 Å². The SMILES string of the molecule is C[C@H]1[C@H]2CC[C@H](O)[C@@H]12. The molecule has 1 heteroatoms. The first-order valence-electron chi connectivity index (χ1n) is 3.49. The van der Waals surface area contributed by atoms with E-state index in [1.807, 2.05) is 0 Å². The minimum atomic E-state index is 0.0648. The zero-order chi connectivity index (χ0) is 5.72. The lowest BCUT2D eigenvalue weighted by Gasteiger charge is -2.01. The Morgan fingerprint density at radius 3 is 2.38 bits per heavy atom. The predicted octanol–water partition coefficient (Wildman–Crippen LogP) is 1.02. The van der Waals surface area contributed by atoms with E-state index in [-0.39, 0.29) is 6.10 Å². The van der Waals surface area contributed by atoms with Gasteiger partial charge >= 0.3 is 0 Å². The molecule has 0 bridgehead atoms. The second kappa shape index (κ2) is 1.27. The Labute approximate surface area is 49.7 Å². The van der Waals surface area contributed by atoms with Crippen molar-refractivity contribution >= 4 is 0 Å². The highest BCUT2D eigenvalue weighted by atomic mass is 16.3. The van der Waals surface area contributed by atoms with Gasteiger partial charge in [-0.05, 0) is 30.6 Å². The van der Waals surface area contributed by atoms with Crippen molar-refractivity contribution in [3.63, 3.8) is 0 Å². The average molecular weight is 112 g/mol. The fraction of sp³-hybridized carbons (Fsp3) is 1.00. The summed E-state index contributed by atoms with van der Waals surface area (Å²) in [7, 11) is 0. The quantitative estimate of drug-likeness (QED) is 0.496. The Morgan fingerprint density at radius 2 is 2.12 bits per heavy atom. The van der Waals surface area contributed by atoms with Gasteiger partial charge in [0.1, 0.15) is 0 Å². The lowest BCUT2D eigenvalue weighted by molar-refractivity contribution is 0.152. The van der Waals surface area contributed by atoms with Crippen LogP contribution in [0.3, 0.4) is 0 Å². The molecule has 1 nitrogen and oxygen atoms in total. The van der Waals surface area contributed by atoms with Gasteiger partial charge in [0.2, 0.25) is 0 Å². The summed E-state index contributed by atoms with van der Waals surface area (Å²) in [5.41, 5.74) is 0. The highest BCUT2D eigenvalue weighted by molar-refractivity contribution is 5.03. The van der Waals surface area contributed by atoms with E-state index in [0.29, 0.717) is 5.92 Å². The van der Waals surface area contributed by atoms with Crippen LogP contribution in [0, 0.1) is 17.8 Å². The molecule has 0 saturated heterocycles. The monoisotopic (exact) mass is 112 g/mol. The maximum absolute atomic E-state index is 9.21. The third-order valence-electron chi connectivity index (χ3n) is 2.88. The van der Waals surface area contributed by atoms with Gasteiger partial charge in [-0.25, -0.2) is 0 Å². The van der Waals surface area contributed by atoms with Gasteiger partial charge in [-0.2, -0.15) is 0 Å². The lowest BCUT2D eigenvalue weighted by Crippen LogP contribution is -2.05. The van der Waals surface area contributed by atoms with Crippen LogP contribution in [0.1, 0.15) is 19.8 Å². The molecule has 4 atom stereocenters. The zero-order valence-electron chi connectivity index (χ0n) is 5.17. The fourth-order valence-electron chi connectivity index (χ4n) is 2.23. The summed E-state index contributed by atoms with van der Waals surface area (Å²) in [6.45, 7) is 2.25. The molecule has 0 aromatic carbocycles. The predicted molar refractivity (Wildman–Crippen MR) is 31.4 cm³/mol. The number of hydrogen-bond donors (Lipinski definition) is 1. The van der Waals surface area contributed by atoms with Crippen molar-refractivity contribution in [2.24, 2.45) is 17.8 Å². The fourth-order valence-corrected chi connectivity index (χ4v) is 2.23. The minimum Gasteiger partial charge on any atom is -0.393 e. The molecule has 0 aromatic rings. The van der Waals surface area contributed by atoms with E-state index in [1.54, 1.807) is 0 Å². The van der Waals surface area contributed by atoms with Crippen molar-refractivity contribution in [3.05, 3.63) is 0 Å². The molecule has 0 unspecified atom stereocenters. The molecule has 2 saturated carbocycles. The molecule has 2 rings (SSSR count). The maximum Gasteiger partial charge on any atom is 0.0573 e. The first kappa shape index (κ1) is 4.80. The van der Waals surface area contributed by atoms with Gasteiger partial charge in [0.05, 0.1) is 6.10 Å². The van der Waals surface area contributed by atoms with E-state index in [9.17, 15) is 5.11 Å². The molecule has 2 fully saturated rings. The van der Waals surface area contributed by atoms with Crippen LogP contribution >= 0.6 is 0 Å². The molecule has 0 aliphatic heterocycles. The van der Waals surface area contributed by atoms with Crippen LogP contribution in [-0.2, 0) is 0 Å². The number of rotatable bonds is 0. The molecular weight excluding hydrogens is 100 g/mol. The summed E-state index contributed by atoms with van der Waals surface area (Å²) < 4.78 is 0. The first-order chi connectivity index (χ1) is 3.80. The molecule has 2 aliphatic rings. The standard InChI is InChI=1S/C7H12O/c1-4-5-2-3-6(8)7(4)5/h4-8H,2-3H2,1H3/t4-,5+,6-,7-/m0/s1. The van der Waals surface area contributed by atoms with E-state index in [4.69, 9.17) is 0 Å². The highest BCUT2D eigenvalue weighted by Crippen LogP contribution is 2.56. The summed E-state index contributed by atoms with van der Waals surface area (Å²) in [6.07, 6.45) is 2.42. The summed E-state index contributed by atoms with van der Waals surface area (Å²) in [5, 5.41) is 9.21. The van der Waals surface area contributed by atoms with Gasteiger partial charge in [0.15, 0.2) is 0 Å². The number of fused-ring (bicyclic) bond motifs is 1. The number of aliphatic hydroxyl groups is 1. The summed E-state index contributed by atoms with van der Waals surface area (Å²) in [6, 6.07) is 0. The van der Waals surface area contributed by atoms with Gasteiger partial charge in [-0.15, -0.1) is 0 Å². The van der Waals surface area contributed by atoms with E-state index in [0.717, 1.165) is 18.3 Å². The van der Waals surface area contributed by atoms with Crippen LogP contribution in [0.25, 0.3) is 0 Å². The van der Waals surface area contributed by atoms with Gasteiger partial charge < -0.3 is 5.11 Å². The summed E-state index contributed by atoms with van der Waals surface area (Å²) in [4.78, 5) is 0. The third kappa shape index (κ3) is 0.408. The van der Waals surface area contributed by atoms with Crippen LogP contribution in [0.4, 0.5) is 0 Å². The molecule has 0 radical (unpaired) electrons. The average Bonchev–Trinajstić information content (AvgIpc) is 2.13. The van der Waals surface area contributed by atoms with Crippen molar-refractivity contribution in [2.75, 3.05) is 0 Å². The lowest BCUT2D eigenvalue weighted by atomic mass is 10.1. The Bertz CT molecular complexity index is 109. The molecule has 0 spiro atoms. The molecular formula is C7H12O. The normalized spacial score (nSPS) is 60.8. The molecule has 8 heavy (non-hydrogen) atoms. The van der Waals surface area contributed by atoms with E-state index >= 15 is 0 Å². The van der Waals surface area contributed by atoms with Crippen LogP contribution in [0.15, 0.2) is 0 Å². The van der Waals surface area contributed by atoms with Crippen molar-refractivity contribution in [3.8, 4) is 0 Å². The van der Waals surface area contributed by atoms with Gasteiger partial charge in [0, 0.05) is 0 Å². The van der Waals surface area contributed by atoms with Crippen molar-refractivity contribution in [1.29, 1.82) is 0 Å². The van der Waals surface area contributed by atoms with Gasteiger partial charge in [0.25, 0.3) is 0 Å². The zero-order valence-corrected chi connectivity index (χ0v) is 5.17. The van der Waals surface area contributed by atoms with Crippen LogP contribution in [-0.4, -0.2) is 11.2 Å². The van der Waals surface area contributed by atoms with Crippen molar-refractivity contribution in [2.45, 2.75) is 25.9 Å². The van der Waals surface area contributed by atoms with E-state index in [2.05, 4.69) is 6.92 Å². The highest BCUT2D eigenvalue weighted by Gasteiger charge is 2.54. The van der Waals surface area contributed by atoms with Crippen LogP contribution in [0.2, 0.25) is 0 Å². The Kier molecular flexibility index (Phi) is 0.762. The van der Waals surface area contributed by atoms with Gasteiger partial charge in [-0.3, -0.25) is 0 Å². The smallest absolute Gasteiger partial charge is 0.0573 e. The second-order valence-electron chi connectivity index (χ2n) is 3.25. The molecule has 0 heterocycles. The van der Waals surface area contributed by atoms with Crippen molar-refractivity contribution in [1.82, 2.24) is 0 Å². The summed E-state index contributed by atoms with van der Waals surface area (Å²) >= 11 is 0. The first-order valence-corrected chi connectivity index (χ1v) is 3.49. The minimum absolute atomic E-state index is 0.0648. The largest absolute Gasteiger partial charge is 0.393 e. The van der Waals surface area contributed by atoms with Crippen LogP contribution in [0.5, 0.6) is 0 Å². The van der Waals surface area contributed by atoms with Gasteiger partial charge in [-0.1, -0.05) is 6.92 Å². The number of hydrogen-bond acceptors (Lipinski definition) is 1. The topological polar surface area (TPSA) is 20.2 Å². The Morgan fingerprint density at radius 1 is 1.38 bits per heavy atom. The maximum atomic E-state index is 9.21. The Hall–Kier alpha value is -0.0400. The van der Waals surface area contributed by atoms with Crippen LogP contribution < -0.4 is 0 Å². The molecule has 0 amide bonds. The van der Waals surface area contributed by atoms with Crippen molar-refractivity contribution < 1.29 is 5.11 Å². The molecule has 1 N–H and O–H groups in total. The summed E-state index contributed by atoms with van der Waals surface area (Å²) in [5.74, 6) is 2.46. The molecule has 0 aromatic heterocycles. The number of aliphatic hydroxyl groups excluding tert-OH is 1. The molecule has 2 aliphatic carbocycles. The Balaban J connectivity index is 2.07. The van der Waals surface area contributed by atoms with E-state index in [1.165, 1.54) is 6.42 Å². The third-order valence-corrected chi connectivity index (χ3v) is 2.88. The molecule has 46 valence electrons. The second-order valence-corrected chi connectivity index (χ2v) is 3.25.